The van der Waals surface area contributed by atoms with Crippen LogP contribution >= 0.6 is 11.5 Å². The molecule has 0 aliphatic carbocycles. The summed E-state index contributed by atoms with van der Waals surface area (Å²) in [7, 11) is 1.65. The second-order valence-electron chi connectivity index (χ2n) is 3.62. The van der Waals surface area contributed by atoms with E-state index in [1.807, 2.05) is 0 Å². The third kappa shape index (κ3) is 2.08. The van der Waals surface area contributed by atoms with Crippen molar-refractivity contribution in [3.63, 3.8) is 0 Å². The van der Waals surface area contributed by atoms with E-state index in [1.54, 1.807) is 20.9 Å². The number of likely N-dealkylation sites (N-methyl/N-ethyl adjacent to an activating group) is 1. The summed E-state index contributed by atoms with van der Waals surface area (Å²) in [5.41, 5.74) is -0.568. The molecule has 78 valence electrons. The average molecular weight is 215 g/mol. The summed E-state index contributed by atoms with van der Waals surface area (Å²) in [6.45, 7) is 3.50. The number of nitrogens with zero attached hydrogens (tertiary/aromatic N) is 3. The summed E-state index contributed by atoms with van der Waals surface area (Å²) < 4.78 is 3.62. The van der Waals surface area contributed by atoms with Gasteiger partial charge in [-0.1, -0.05) is 4.49 Å². The summed E-state index contributed by atoms with van der Waals surface area (Å²) in [5, 5.41) is 12.7. The fourth-order valence-electron chi connectivity index (χ4n) is 0.808. The van der Waals surface area contributed by atoms with Gasteiger partial charge < -0.3 is 10.0 Å². The molecular weight excluding hydrogens is 202 g/mol. The van der Waals surface area contributed by atoms with Crippen molar-refractivity contribution in [2.45, 2.75) is 19.4 Å². The monoisotopic (exact) mass is 215 g/mol. The van der Waals surface area contributed by atoms with E-state index in [4.69, 9.17) is 5.11 Å². The number of amides is 1. The van der Waals surface area contributed by atoms with E-state index >= 15 is 0 Å². The van der Waals surface area contributed by atoms with Gasteiger partial charge in [0.1, 0.15) is 4.88 Å². The number of aliphatic hydroxyl groups excluding tert-OH is 1. The molecule has 0 saturated heterocycles. The summed E-state index contributed by atoms with van der Waals surface area (Å²) >= 11 is 1.05. The Morgan fingerprint density at radius 3 is 2.79 bits per heavy atom. The molecule has 0 saturated carbocycles. The molecule has 0 fully saturated rings. The first kappa shape index (κ1) is 11.1. The van der Waals surface area contributed by atoms with E-state index in [0.717, 1.165) is 11.5 Å². The molecule has 1 N–H and O–H groups in total. The molecule has 6 heteroatoms. The van der Waals surface area contributed by atoms with Crippen LogP contribution in [0.4, 0.5) is 0 Å². The van der Waals surface area contributed by atoms with Gasteiger partial charge in [-0.15, -0.1) is 5.10 Å². The molecular formula is C8H13N3O2S. The van der Waals surface area contributed by atoms with Crippen molar-refractivity contribution < 1.29 is 9.90 Å². The SMILES string of the molecule is CN(C(=O)c1cnns1)C(C)(C)CO. The lowest BCUT2D eigenvalue weighted by molar-refractivity contribution is 0.0477. The summed E-state index contributed by atoms with van der Waals surface area (Å²) in [5.74, 6) is -0.168. The zero-order chi connectivity index (χ0) is 10.8. The van der Waals surface area contributed by atoms with Crippen LogP contribution in [0, 0.1) is 0 Å². The number of carbonyl (C=O) groups excluding carboxylic acids is 1. The Balaban J connectivity index is 2.81. The van der Waals surface area contributed by atoms with Gasteiger partial charge in [-0.3, -0.25) is 4.79 Å². The summed E-state index contributed by atoms with van der Waals surface area (Å²) in [6.07, 6.45) is 1.43. The van der Waals surface area contributed by atoms with Crippen LogP contribution in [0.15, 0.2) is 6.20 Å². The highest BCUT2D eigenvalue weighted by Crippen LogP contribution is 2.16. The van der Waals surface area contributed by atoms with Crippen LogP contribution in [0.25, 0.3) is 0 Å². The molecule has 0 spiro atoms. The number of hydrogen-bond donors (Lipinski definition) is 1. The second-order valence-corrected chi connectivity index (χ2v) is 4.40. The maximum absolute atomic E-state index is 11.8. The predicted octanol–water partition coefficient (Wildman–Crippen LogP) is 0.381. The topological polar surface area (TPSA) is 66.3 Å². The standard InChI is InChI=1S/C8H13N3O2S/c1-8(2,5-12)11(3)7(13)6-4-9-10-14-6/h4,12H,5H2,1-3H3. The lowest BCUT2D eigenvalue weighted by Crippen LogP contribution is -2.47. The fourth-order valence-corrected chi connectivity index (χ4v) is 1.30. The van der Waals surface area contributed by atoms with Gasteiger partial charge in [-0.05, 0) is 25.4 Å². The Labute approximate surface area is 86.5 Å². The highest BCUT2D eigenvalue weighted by Gasteiger charge is 2.28. The van der Waals surface area contributed by atoms with E-state index in [1.165, 1.54) is 11.1 Å². The lowest BCUT2D eigenvalue weighted by atomic mass is 10.1. The van der Waals surface area contributed by atoms with Crippen molar-refractivity contribution in [1.29, 1.82) is 0 Å². The quantitative estimate of drug-likeness (QED) is 0.791. The molecule has 1 aromatic heterocycles. The van der Waals surface area contributed by atoms with Crippen LogP contribution < -0.4 is 0 Å². The molecule has 1 rings (SSSR count). The van der Waals surface area contributed by atoms with Gasteiger partial charge in [-0.25, -0.2) is 0 Å². The molecule has 1 amide bonds. The van der Waals surface area contributed by atoms with Crippen molar-refractivity contribution in [1.82, 2.24) is 14.5 Å². The minimum absolute atomic E-state index is 0.0819. The number of hydrogen-bond acceptors (Lipinski definition) is 5. The smallest absolute Gasteiger partial charge is 0.267 e. The van der Waals surface area contributed by atoms with Crippen molar-refractivity contribution in [3.8, 4) is 0 Å². The zero-order valence-electron chi connectivity index (χ0n) is 8.39. The predicted molar refractivity (Wildman–Crippen MR) is 53.2 cm³/mol. The van der Waals surface area contributed by atoms with Crippen LogP contribution in [0.5, 0.6) is 0 Å². The number of carbonyl (C=O) groups is 1. The largest absolute Gasteiger partial charge is 0.394 e. The minimum atomic E-state index is -0.568. The Kier molecular flexibility index (Phi) is 3.17. The summed E-state index contributed by atoms with van der Waals surface area (Å²) in [4.78, 5) is 13.7. The van der Waals surface area contributed by atoms with Crippen LogP contribution in [0.3, 0.4) is 0 Å². The van der Waals surface area contributed by atoms with E-state index < -0.39 is 5.54 Å². The fraction of sp³-hybridized carbons (Fsp3) is 0.625. The molecule has 0 bridgehead atoms. The highest BCUT2D eigenvalue weighted by molar-refractivity contribution is 7.07. The Bertz CT molecular complexity index is 310. The minimum Gasteiger partial charge on any atom is -0.394 e. The first-order valence-corrected chi connectivity index (χ1v) is 4.93. The van der Waals surface area contributed by atoms with Crippen molar-refractivity contribution in [2.75, 3.05) is 13.7 Å². The van der Waals surface area contributed by atoms with E-state index in [-0.39, 0.29) is 12.5 Å². The second kappa shape index (κ2) is 4.02. The van der Waals surface area contributed by atoms with Gasteiger partial charge in [0, 0.05) is 7.05 Å². The van der Waals surface area contributed by atoms with Crippen LogP contribution in [0.2, 0.25) is 0 Å². The molecule has 14 heavy (non-hydrogen) atoms. The molecule has 0 aliphatic rings. The molecule has 0 unspecified atom stereocenters. The number of aromatic nitrogens is 2. The molecule has 1 aromatic rings. The summed E-state index contributed by atoms with van der Waals surface area (Å²) in [6, 6.07) is 0. The van der Waals surface area contributed by atoms with E-state index in [0.29, 0.717) is 4.88 Å². The van der Waals surface area contributed by atoms with Gasteiger partial charge in [0.25, 0.3) is 5.91 Å². The zero-order valence-corrected chi connectivity index (χ0v) is 9.21. The van der Waals surface area contributed by atoms with Crippen LogP contribution in [-0.2, 0) is 0 Å². The Morgan fingerprint density at radius 1 is 1.71 bits per heavy atom. The first-order chi connectivity index (χ1) is 6.49. The Morgan fingerprint density at radius 2 is 2.36 bits per heavy atom. The van der Waals surface area contributed by atoms with Crippen molar-refractivity contribution in [2.24, 2.45) is 0 Å². The molecule has 0 radical (unpaired) electrons. The Hall–Kier alpha value is -1.01. The average Bonchev–Trinajstić information content (AvgIpc) is 2.68. The molecule has 0 aromatic carbocycles. The molecule has 0 aliphatic heterocycles. The van der Waals surface area contributed by atoms with Gasteiger partial charge in [0.15, 0.2) is 0 Å². The van der Waals surface area contributed by atoms with Gasteiger partial charge in [0.05, 0.1) is 18.3 Å². The van der Waals surface area contributed by atoms with E-state index in [9.17, 15) is 4.79 Å². The maximum Gasteiger partial charge on any atom is 0.267 e. The number of aliphatic hydroxyl groups is 1. The van der Waals surface area contributed by atoms with Crippen molar-refractivity contribution >= 4 is 17.4 Å². The normalized spacial score (nSPS) is 11.4. The molecule has 1 heterocycles. The van der Waals surface area contributed by atoms with Gasteiger partial charge >= 0.3 is 0 Å². The van der Waals surface area contributed by atoms with Crippen molar-refractivity contribution in [3.05, 3.63) is 11.1 Å². The third-order valence-electron chi connectivity index (χ3n) is 2.17. The highest BCUT2D eigenvalue weighted by atomic mass is 32.1. The third-order valence-corrected chi connectivity index (χ3v) is 2.82. The maximum atomic E-state index is 11.8. The molecule has 0 atom stereocenters. The van der Waals surface area contributed by atoms with Gasteiger partial charge in [-0.2, -0.15) is 0 Å². The first-order valence-electron chi connectivity index (χ1n) is 4.15. The molecule has 5 nitrogen and oxygen atoms in total. The lowest BCUT2D eigenvalue weighted by Gasteiger charge is -2.33. The van der Waals surface area contributed by atoms with Crippen LogP contribution in [-0.4, -0.2) is 44.7 Å². The van der Waals surface area contributed by atoms with Crippen LogP contribution in [0.1, 0.15) is 23.5 Å². The number of rotatable bonds is 3. The van der Waals surface area contributed by atoms with Gasteiger partial charge in [0.2, 0.25) is 0 Å². The van der Waals surface area contributed by atoms with E-state index in [2.05, 4.69) is 9.59 Å².